The molecule has 0 aromatic carbocycles. The van der Waals surface area contributed by atoms with Crippen LogP contribution in [0.3, 0.4) is 0 Å². The van der Waals surface area contributed by atoms with Crippen molar-refractivity contribution in [2.45, 2.75) is 64.5 Å². The molecule has 2 unspecified atom stereocenters. The zero-order valence-electron chi connectivity index (χ0n) is 17.0. The van der Waals surface area contributed by atoms with Crippen LogP contribution in [0.1, 0.15) is 57.9 Å². The monoisotopic (exact) mass is 371 g/mol. The van der Waals surface area contributed by atoms with Gasteiger partial charge in [0.25, 0.3) is 0 Å². The van der Waals surface area contributed by atoms with E-state index < -0.39 is 0 Å². The minimum atomic E-state index is 0.0905. The third-order valence-electron chi connectivity index (χ3n) is 6.67. The van der Waals surface area contributed by atoms with Gasteiger partial charge < -0.3 is 9.80 Å². The number of aromatic nitrogens is 2. The topological polar surface area (TPSA) is 52.6 Å². The van der Waals surface area contributed by atoms with Gasteiger partial charge in [-0.3, -0.25) is 9.69 Å². The van der Waals surface area contributed by atoms with Gasteiger partial charge in [-0.25, -0.2) is 9.97 Å². The minimum Gasteiger partial charge on any atom is -0.342 e. The number of piperidine rings is 1. The SMILES string of the molecule is CCN1CC2CCC(C1)N2c1ncc(C2CCN(C(=O)C(C)C)CC2)cn1. The number of fused-ring (bicyclic) bond motifs is 2. The predicted octanol–water partition coefficient (Wildman–Crippen LogP) is 2.51. The molecule has 4 heterocycles. The van der Waals surface area contributed by atoms with Crippen LogP contribution in [0, 0.1) is 5.92 Å². The molecule has 0 aliphatic carbocycles. The first-order valence-corrected chi connectivity index (χ1v) is 10.7. The molecule has 2 bridgehead atoms. The van der Waals surface area contributed by atoms with Crippen molar-refractivity contribution in [1.29, 1.82) is 0 Å². The highest BCUT2D eigenvalue weighted by Gasteiger charge is 2.40. The second-order valence-corrected chi connectivity index (χ2v) is 8.72. The lowest BCUT2D eigenvalue weighted by atomic mass is 9.91. The van der Waals surface area contributed by atoms with Crippen LogP contribution in [0.25, 0.3) is 0 Å². The maximum Gasteiger partial charge on any atom is 0.225 e. The summed E-state index contributed by atoms with van der Waals surface area (Å²) < 4.78 is 0. The van der Waals surface area contributed by atoms with E-state index in [1.165, 1.54) is 18.4 Å². The first kappa shape index (κ1) is 18.7. The molecule has 4 rings (SSSR count). The van der Waals surface area contributed by atoms with E-state index in [-0.39, 0.29) is 11.8 Å². The number of hydrogen-bond acceptors (Lipinski definition) is 5. The van der Waals surface area contributed by atoms with Crippen LogP contribution in [-0.4, -0.2) is 70.5 Å². The number of amides is 1. The Morgan fingerprint density at radius 1 is 1.07 bits per heavy atom. The van der Waals surface area contributed by atoms with Crippen LogP contribution in [0.15, 0.2) is 12.4 Å². The fourth-order valence-corrected chi connectivity index (χ4v) is 5.05. The van der Waals surface area contributed by atoms with Crippen LogP contribution in [0.2, 0.25) is 0 Å². The lowest BCUT2D eigenvalue weighted by molar-refractivity contribution is -0.135. The van der Waals surface area contributed by atoms with Crippen LogP contribution in [0.5, 0.6) is 0 Å². The summed E-state index contributed by atoms with van der Waals surface area (Å²) in [6.45, 7) is 11.3. The summed E-state index contributed by atoms with van der Waals surface area (Å²) in [6.07, 6.45) is 8.63. The molecule has 0 N–H and O–H groups in total. The Morgan fingerprint density at radius 2 is 1.67 bits per heavy atom. The lowest BCUT2D eigenvalue weighted by Crippen LogP contribution is -2.54. The Labute approximate surface area is 162 Å². The number of rotatable bonds is 4. The van der Waals surface area contributed by atoms with Crippen LogP contribution in [-0.2, 0) is 4.79 Å². The third-order valence-corrected chi connectivity index (χ3v) is 6.67. The van der Waals surface area contributed by atoms with Gasteiger partial charge in [-0.15, -0.1) is 0 Å². The summed E-state index contributed by atoms with van der Waals surface area (Å²) in [4.78, 5) is 28.7. The van der Waals surface area contributed by atoms with Crippen molar-refractivity contribution in [3.05, 3.63) is 18.0 Å². The molecule has 3 fully saturated rings. The predicted molar refractivity (Wildman–Crippen MR) is 107 cm³/mol. The van der Waals surface area contributed by atoms with E-state index >= 15 is 0 Å². The van der Waals surface area contributed by atoms with Gasteiger partial charge in [0.15, 0.2) is 0 Å². The number of hydrogen-bond donors (Lipinski definition) is 0. The van der Waals surface area contributed by atoms with Gasteiger partial charge >= 0.3 is 0 Å². The van der Waals surface area contributed by atoms with E-state index in [1.807, 2.05) is 31.1 Å². The van der Waals surface area contributed by atoms with Crippen LogP contribution >= 0.6 is 0 Å². The van der Waals surface area contributed by atoms with E-state index in [2.05, 4.69) is 16.7 Å². The van der Waals surface area contributed by atoms with Crippen molar-refractivity contribution in [2.24, 2.45) is 5.92 Å². The number of carbonyl (C=O) groups excluding carboxylic acids is 1. The first-order valence-electron chi connectivity index (χ1n) is 10.7. The van der Waals surface area contributed by atoms with Crippen molar-refractivity contribution in [3.63, 3.8) is 0 Å². The zero-order chi connectivity index (χ0) is 19.0. The van der Waals surface area contributed by atoms with Gasteiger partial charge in [-0.05, 0) is 43.7 Å². The number of piperazine rings is 1. The van der Waals surface area contributed by atoms with Gasteiger partial charge in [0, 0.05) is 56.6 Å². The number of likely N-dealkylation sites (tertiary alicyclic amines) is 2. The molecule has 148 valence electrons. The summed E-state index contributed by atoms with van der Waals surface area (Å²) in [5.41, 5.74) is 1.23. The summed E-state index contributed by atoms with van der Waals surface area (Å²) in [5, 5.41) is 0. The van der Waals surface area contributed by atoms with Gasteiger partial charge in [-0.1, -0.05) is 20.8 Å². The van der Waals surface area contributed by atoms with E-state index in [0.717, 1.165) is 51.5 Å². The van der Waals surface area contributed by atoms with Crippen molar-refractivity contribution < 1.29 is 4.79 Å². The van der Waals surface area contributed by atoms with E-state index in [1.54, 1.807) is 0 Å². The van der Waals surface area contributed by atoms with Gasteiger partial charge in [0.1, 0.15) is 0 Å². The Hall–Kier alpha value is -1.69. The van der Waals surface area contributed by atoms with Gasteiger partial charge in [0.2, 0.25) is 11.9 Å². The maximum absolute atomic E-state index is 12.2. The Balaban J connectivity index is 1.38. The smallest absolute Gasteiger partial charge is 0.225 e. The average molecular weight is 372 g/mol. The zero-order valence-corrected chi connectivity index (χ0v) is 17.0. The fourth-order valence-electron chi connectivity index (χ4n) is 5.05. The molecule has 6 nitrogen and oxygen atoms in total. The largest absolute Gasteiger partial charge is 0.342 e. The highest BCUT2D eigenvalue weighted by molar-refractivity contribution is 5.78. The normalized spacial score (nSPS) is 26.8. The third kappa shape index (κ3) is 3.68. The summed E-state index contributed by atoms with van der Waals surface area (Å²) in [5.74, 6) is 1.76. The molecule has 3 aliphatic rings. The molecule has 3 aliphatic heterocycles. The second-order valence-electron chi connectivity index (χ2n) is 8.72. The molecule has 3 saturated heterocycles. The Morgan fingerprint density at radius 3 is 2.19 bits per heavy atom. The number of anilines is 1. The van der Waals surface area contributed by atoms with Crippen molar-refractivity contribution in [2.75, 3.05) is 37.6 Å². The fraction of sp³-hybridized carbons (Fsp3) is 0.762. The van der Waals surface area contributed by atoms with E-state index in [0.29, 0.717) is 18.0 Å². The van der Waals surface area contributed by atoms with Crippen molar-refractivity contribution in [1.82, 2.24) is 19.8 Å². The average Bonchev–Trinajstić information content (AvgIpc) is 2.97. The molecule has 0 radical (unpaired) electrons. The van der Waals surface area contributed by atoms with Crippen LogP contribution in [0.4, 0.5) is 5.95 Å². The summed E-state index contributed by atoms with van der Waals surface area (Å²) in [6, 6.07) is 1.14. The molecule has 0 saturated carbocycles. The molecule has 2 atom stereocenters. The lowest BCUT2D eigenvalue weighted by Gasteiger charge is -2.40. The van der Waals surface area contributed by atoms with E-state index in [9.17, 15) is 4.79 Å². The van der Waals surface area contributed by atoms with Gasteiger partial charge in [0.05, 0.1) is 0 Å². The molecular formula is C21H33N5O. The number of carbonyl (C=O) groups is 1. The summed E-state index contributed by atoms with van der Waals surface area (Å²) in [7, 11) is 0. The number of likely N-dealkylation sites (N-methyl/N-ethyl adjacent to an activating group) is 1. The minimum absolute atomic E-state index is 0.0905. The molecular weight excluding hydrogens is 338 g/mol. The molecule has 0 spiro atoms. The van der Waals surface area contributed by atoms with Crippen molar-refractivity contribution >= 4 is 11.9 Å². The van der Waals surface area contributed by atoms with Crippen LogP contribution < -0.4 is 4.90 Å². The first-order chi connectivity index (χ1) is 13.1. The second kappa shape index (κ2) is 7.74. The highest BCUT2D eigenvalue weighted by Crippen LogP contribution is 2.34. The summed E-state index contributed by atoms with van der Waals surface area (Å²) >= 11 is 0. The molecule has 1 aromatic heterocycles. The van der Waals surface area contributed by atoms with Crippen molar-refractivity contribution in [3.8, 4) is 0 Å². The quantitative estimate of drug-likeness (QED) is 0.814. The molecule has 1 amide bonds. The number of nitrogens with zero attached hydrogens (tertiary/aromatic N) is 5. The van der Waals surface area contributed by atoms with Gasteiger partial charge in [-0.2, -0.15) is 0 Å². The van der Waals surface area contributed by atoms with E-state index in [4.69, 9.17) is 9.97 Å². The molecule has 1 aromatic rings. The molecule has 6 heteroatoms. The maximum atomic E-state index is 12.2. The Kier molecular flexibility index (Phi) is 5.35. The Bertz CT molecular complexity index is 639. The standard InChI is InChI=1S/C21H33N5O/c1-4-24-13-18-5-6-19(14-24)26(18)21-22-11-17(12-23-21)16-7-9-25(10-8-16)20(27)15(2)3/h11-12,15-16,18-19H,4-10,13-14H2,1-3H3. The highest BCUT2D eigenvalue weighted by atomic mass is 16.2. The molecule has 27 heavy (non-hydrogen) atoms.